The molecule has 27 heavy (non-hydrogen) atoms. The summed E-state index contributed by atoms with van der Waals surface area (Å²) in [7, 11) is 0. The van der Waals surface area contributed by atoms with Crippen molar-refractivity contribution in [3.8, 4) is 5.88 Å². The van der Waals surface area contributed by atoms with E-state index < -0.39 is 0 Å². The molecule has 0 unspecified atom stereocenters. The summed E-state index contributed by atoms with van der Waals surface area (Å²) in [4.78, 5) is 25.7. The van der Waals surface area contributed by atoms with E-state index in [4.69, 9.17) is 9.47 Å². The highest BCUT2D eigenvalue weighted by molar-refractivity contribution is 5.80. The highest BCUT2D eigenvalue weighted by Gasteiger charge is 2.50. The van der Waals surface area contributed by atoms with E-state index in [9.17, 15) is 4.79 Å². The molecule has 0 aliphatic carbocycles. The summed E-state index contributed by atoms with van der Waals surface area (Å²) in [6.45, 7) is 9.30. The zero-order valence-electron chi connectivity index (χ0n) is 16.4. The van der Waals surface area contributed by atoms with E-state index in [-0.39, 0.29) is 17.6 Å². The van der Waals surface area contributed by atoms with Gasteiger partial charge < -0.3 is 19.3 Å². The Labute approximate surface area is 161 Å². The van der Waals surface area contributed by atoms with Gasteiger partial charge in [-0.25, -0.2) is 4.98 Å². The molecular formula is C20H30N4O3. The number of carbonyl (C=O) groups excluding carboxylic acids is 1. The number of likely N-dealkylation sites (tertiary alicyclic amines) is 2. The molecule has 1 atom stereocenters. The number of amides is 1. The molecule has 0 aromatic carbocycles. The minimum atomic E-state index is -0.236. The van der Waals surface area contributed by atoms with Crippen molar-refractivity contribution in [2.75, 3.05) is 39.3 Å². The average molecular weight is 374 g/mol. The maximum atomic E-state index is 12.8. The summed E-state index contributed by atoms with van der Waals surface area (Å²) in [6.07, 6.45) is 7.07. The molecule has 1 amide bonds. The molecule has 7 heteroatoms. The van der Waals surface area contributed by atoms with Gasteiger partial charge in [-0.2, -0.15) is 0 Å². The number of hydrogen-bond donors (Lipinski definition) is 0. The van der Waals surface area contributed by atoms with Crippen molar-refractivity contribution in [1.82, 2.24) is 19.8 Å². The molecule has 3 aliphatic rings. The summed E-state index contributed by atoms with van der Waals surface area (Å²) >= 11 is 0. The summed E-state index contributed by atoms with van der Waals surface area (Å²) in [5.74, 6) is 1.07. The van der Waals surface area contributed by atoms with Crippen LogP contribution >= 0.6 is 0 Å². The topological polar surface area (TPSA) is 67.8 Å². The number of nitrogens with zero attached hydrogens (tertiary/aromatic N) is 4. The van der Waals surface area contributed by atoms with Gasteiger partial charge in [0.2, 0.25) is 11.8 Å². The molecule has 3 saturated heterocycles. The number of aromatic nitrogens is 2. The van der Waals surface area contributed by atoms with E-state index in [0.29, 0.717) is 31.5 Å². The monoisotopic (exact) mass is 374 g/mol. The summed E-state index contributed by atoms with van der Waals surface area (Å²) in [5.41, 5.74) is 0.615. The van der Waals surface area contributed by atoms with Crippen LogP contribution in [0.1, 0.15) is 38.3 Å². The van der Waals surface area contributed by atoms with Crippen LogP contribution in [0, 0.1) is 12.8 Å². The Balaban J connectivity index is 1.29. The van der Waals surface area contributed by atoms with Gasteiger partial charge in [0.15, 0.2) is 0 Å². The average Bonchev–Trinajstić information content (AvgIpc) is 2.66. The second-order valence-corrected chi connectivity index (χ2v) is 8.17. The van der Waals surface area contributed by atoms with E-state index in [2.05, 4.69) is 21.8 Å². The maximum Gasteiger partial charge on any atom is 0.232 e. The summed E-state index contributed by atoms with van der Waals surface area (Å²) in [5, 5.41) is 0. The Hall–Kier alpha value is -1.73. The van der Waals surface area contributed by atoms with E-state index in [1.54, 1.807) is 12.4 Å². The van der Waals surface area contributed by atoms with E-state index >= 15 is 0 Å². The lowest BCUT2D eigenvalue weighted by atomic mass is 9.83. The van der Waals surface area contributed by atoms with Gasteiger partial charge in [0.05, 0.1) is 31.6 Å². The largest absolute Gasteiger partial charge is 0.473 e. The van der Waals surface area contributed by atoms with Crippen molar-refractivity contribution in [3.63, 3.8) is 0 Å². The third-order valence-corrected chi connectivity index (χ3v) is 6.12. The lowest BCUT2D eigenvalue weighted by molar-refractivity contribution is -0.196. The Kier molecular flexibility index (Phi) is 5.32. The predicted molar refractivity (Wildman–Crippen MR) is 101 cm³/mol. The molecule has 0 bridgehead atoms. The molecule has 1 aromatic rings. The van der Waals surface area contributed by atoms with Crippen LogP contribution in [0.15, 0.2) is 12.4 Å². The Morgan fingerprint density at radius 2 is 2.07 bits per heavy atom. The van der Waals surface area contributed by atoms with Crippen LogP contribution in [0.5, 0.6) is 5.88 Å². The first kappa shape index (κ1) is 18.6. The Morgan fingerprint density at radius 3 is 2.78 bits per heavy atom. The number of piperidine rings is 1. The second kappa shape index (κ2) is 7.72. The molecule has 0 N–H and O–H groups in total. The van der Waals surface area contributed by atoms with Gasteiger partial charge in [-0.05, 0) is 39.4 Å². The van der Waals surface area contributed by atoms with Crippen LogP contribution in [0.4, 0.5) is 0 Å². The molecule has 4 heterocycles. The van der Waals surface area contributed by atoms with E-state index in [0.717, 1.165) is 51.0 Å². The quantitative estimate of drug-likeness (QED) is 0.798. The molecule has 1 aromatic heterocycles. The van der Waals surface area contributed by atoms with Crippen LogP contribution < -0.4 is 4.74 Å². The first-order valence-corrected chi connectivity index (χ1v) is 10.2. The van der Waals surface area contributed by atoms with Crippen molar-refractivity contribution in [2.24, 2.45) is 5.92 Å². The van der Waals surface area contributed by atoms with Crippen molar-refractivity contribution >= 4 is 5.91 Å². The molecule has 0 radical (unpaired) electrons. The van der Waals surface area contributed by atoms with Gasteiger partial charge in [0.25, 0.3) is 0 Å². The van der Waals surface area contributed by atoms with Gasteiger partial charge >= 0.3 is 0 Å². The van der Waals surface area contributed by atoms with Gasteiger partial charge in [0.1, 0.15) is 11.7 Å². The number of rotatable bonds is 4. The Morgan fingerprint density at radius 1 is 1.30 bits per heavy atom. The van der Waals surface area contributed by atoms with Crippen LogP contribution in [0.25, 0.3) is 0 Å². The fourth-order valence-corrected chi connectivity index (χ4v) is 4.53. The molecular weight excluding hydrogens is 344 g/mol. The van der Waals surface area contributed by atoms with E-state index in [1.165, 1.54) is 0 Å². The highest BCUT2D eigenvalue weighted by Crippen LogP contribution is 2.37. The molecule has 3 fully saturated rings. The van der Waals surface area contributed by atoms with Gasteiger partial charge in [-0.15, -0.1) is 0 Å². The predicted octanol–water partition coefficient (Wildman–Crippen LogP) is 1.66. The number of carbonyl (C=O) groups is 1. The number of hydrogen-bond acceptors (Lipinski definition) is 6. The standard InChI is InChI=1S/C20H30N4O3/c1-3-23-7-4-16(5-8-23)19(25)24-13-20(14-24)10-17(6-9-26-20)27-18-12-21-11-15(2)22-18/h11-12,16-17H,3-10,13-14H2,1-2H3/t17-/m1/s1. The van der Waals surface area contributed by atoms with Crippen molar-refractivity contribution in [3.05, 3.63) is 18.1 Å². The normalized spacial score (nSPS) is 26.0. The first-order valence-electron chi connectivity index (χ1n) is 10.2. The number of ether oxygens (including phenoxy) is 2. The highest BCUT2D eigenvalue weighted by atomic mass is 16.5. The smallest absolute Gasteiger partial charge is 0.232 e. The van der Waals surface area contributed by atoms with Crippen LogP contribution in [-0.2, 0) is 9.53 Å². The van der Waals surface area contributed by atoms with Crippen LogP contribution in [0.2, 0.25) is 0 Å². The zero-order valence-corrected chi connectivity index (χ0v) is 16.4. The van der Waals surface area contributed by atoms with Gasteiger partial charge in [-0.3, -0.25) is 9.78 Å². The molecule has 7 nitrogen and oxygen atoms in total. The number of aryl methyl sites for hydroxylation is 1. The van der Waals surface area contributed by atoms with Crippen molar-refractivity contribution < 1.29 is 14.3 Å². The SMILES string of the molecule is CCN1CCC(C(=O)N2CC3(C[C@H](Oc4cncc(C)n4)CCO3)C2)CC1. The van der Waals surface area contributed by atoms with Gasteiger partial charge in [-0.1, -0.05) is 6.92 Å². The van der Waals surface area contributed by atoms with Crippen molar-refractivity contribution in [2.45, 2.75) is 51.2 Å². The zero-order chi connectivity index (χ0) is 18.9. The summed E-state index contributed by atoms with van der Waals surface area (Å²) in [6, 6.07) is 0. The third kappa shape index (κ3) is 4.09. The van der Waals surface area contributed by atoms with Crippen LogP contribution in [0.3, 0.4) is 0 Å². The lowest BCUT2D eigenvalue weighted by Gasteiger charge is -2.53. The molecule has 1 spiro atoms. The lowest BCUT2D eigenvalue weighted by Crippen LogP contribution is -2.68. The minimum Gasteiger partial charge on any atom is -0.473 e. The third-order valence-electron chi connectivity index (χ3n) is 6.12. The van der Waals surface area contributed by atoms with Crippen LogP contribution in [-0.4, -0.2) is 76.7 Å². The second-order valence-electron chi connectivity index (χ2n) is 8.17. The maximum absolute atomic E-state index is 12.8. The molecule has 0 saturated carbocycles. The summed E-state index contributed by atoms with van der Waals surface area (Å²) < 4.78 is 12.1. The van der Waals surface area contributed by atoms with Gasteiger partial charge in [0, 0.05) is 25.0 Å². The molecule has 3 aliphatic heterocycles. The molecule has 148 valence electrons. The molecule has 4 rings (SSSR count). The minimum absolute atomic E-state index is 0.0693. The fraction of sp³-hybridized carbons (Fsp3) is 0.750. The first-order chi connectivity index (χ1) is 13.1. The van der Waals surface area contributed by atoms with Crippen molar-refractivity contribution in [1.29, 1.82) is 0 Å². The fourth-order valence-electron chi connectivity index (χ4n) is 4.53. The van der Waals surface area contributed by atoms with E-state index in [1.807, 2.05) is 11.8 Å². The Bertz CT molecular complexity index is 669.